The molecule has 1 atom stereocenters. The van der Waals surface area contributed by atoms with Gasteiger partial charge in [0, 0.05) is 22.0 Å². The van der Waals surface area contributed by atoms with Crippen molar-refractivity contribution in [1.82, 2.24) is 10.3 Å². The van der Waals surface area contributed by atoms with Gasteiger partial charge in [-0.3, -0.25) is 9.78 Å². The molecular formula is C21H16N2O3S2. The first kappa shape index (κ1) is 18.3. The second-order valence-corrected chi connectivity index (χ2v) is 8.00. The molecule has 1 aromatic carbocycles. The van der Waals surface area contributed by atoms with Gasteiger partial charge in [-0.15, -0.1) is 22.7 Å². The minimum atomic E-state index is -1.04. The van der Waals surface area contributed by atoms with E-state index >= 15 is 0 Å². The molecule has 28 heavy (non-hydrogen) atoms. The van der Waals surface area contributed by atoms with E-state index in [1.807, 2.05) is 41.8 Å². The highest BCUT2D eigenvalue weighted by atomic mass is 32.1. The highest BCUT2D eigenvalue weighted by molar-refractivity contribution is 7.12. The van der Waals surface area contributed by atoms with Crippen molar-refractivity contribution in [3.8, 4) is 0 Å². The first-order chi connectivity index (χ1) is 13.7. The summed E-state index contributed by atoms with van der Waals surface area (Å²) in [6.07, 6.45) is 0.670. The predicted molar refractivity (Wildman–Crippen MR) is 110 cm³/mol. The normalized spacial score (nSPS) is 11.9. The van der Waals surface area contributed by atoms with Crippen LogP contribution in [0.2, 0.25) is 0 Å². The Bertz CT molecular complexity index is 1090. The van der Waals surface area contributed by atoms with E-state index in [2.05, 4.69) is 10.3 Å². The van der Waals surface area contributed by atoms with E-state index in [0.717, 1.165) is 15.8 Å². The van der Waals surface area contributed by atoms with Gasteiger partial charge in [0.25, 0.3) is 5.91 Å². The van der Waals surface area contributed by atoms with Gasteiger partial charge in [-0.2, -0.15) is 0 Å². The first-order valence-corrected chi connectivity index (χ1v) is 10.4. The van der Waals surface area contributed by atoms with Crippen molar-refractivity contribution in [3.63, 3.8) is 0 Å². The summed E-state index contributed by atoms with van der Waals surface area (Å²) in [5, 5.41) is 7.49. The fraction of sp³-hybridized carbons (Fsp3) is 0.0952. The molecule has 0 saturated carbocycles. The lowest BCUT2D eigenvalue weighted by molar-refractivity contribution is -0.130. The van der Waals surface area contributed by atoms with Crippen molar-refractivity contribution in [3.05, 3.63) is 86.9 Å². The molecule has 1 N–H and O–H groups in total. The monoisotopic (exact) mass is 408 g/mol. The Morgan fingerprint density at radius 2 is 1.89 bits per heavy atom. The molecular weight excluding hydrogens is 392 g/mol. The standard InChI is InChI=1S/C21H16N2O3S2/c24-20(23-13-16-5-2-10-27-16)19(26-21(25)18-6-3-11-28-18)15-7-8-17-14(12-15)4-1-9-22-17/h1-12,19H,13H2,(H,23,24)/t19-/m0/s1. The number of rotatable bonds is 6. The van der Waals surface area contributed by atoms with Crippen LogP contribution in [0.5, 0.6) is 0 Å². The predicted octanol–water partition coefficient (Wildman–Crippen LogP) is 4.57. The van der Waals surface area contributed by atoms with Gasteiger partial charge >= 0.3 is 5.97 Å². The van der Waals surface area contributed by atoms with Crippen molar-refractivity contribution in [2.45, 2.75) is 12.6 Å². The molecule has 0 aliphatic rings. The number of thiophene rings is 2. The molecule has 0 saturated heterocycles. The van der Waals surface area contributed by atoms with E-state index in [9.17, 15) is 9.59 Å². The number of nitrogens with one attached hydrogen (secondary N) is 1. The number of hydrogen-bond acceptors (Lipinski definition) is 6. The Morgan fingerprint density at radius 1 is 1.04 bits per heavy atom. The molecule has 0 aliphatic carbocycles. The number of pyridine rings is 1. The molecule has 0 aliphatic heterocycles. The Labute approximate surface area is 169 Å². The minimum absolute atomic E-state index is 0.360. The van der Waals surface area contributed by atoms with Crippen LogP contribution in [0.3, 0.4) is 0 Å². The van der Waals surface area contributed by atoms with E-state index in [-0.39, 0.29) is 5.91 Å². The van der Waals surface area contributed by atoms with Crippen LogP contribution in [0.25, 0.3) is 10.9 Å². The Kier molecular flexibility index (Phi) is 5.45. The average molecular weight is 409 g/mol. The molecule has 4 aromatic rings. The topological polar surface area (TPSA) is 68.3 Å². The number of aromatic nitrogens is 1. The fourth-order valence-corrected chi connectivity index (χ4v) is 4.02. The lowest BCUT2D eigenvalue weighted by Crippen LogP contribution is -2.31. The second kappa shape index (κ2) is 8.33. The zero-order chi connectivity index (χ0) is 19.3. The van der Waals surface area contributed by atoms with Crippen LogP contribution in [0.4, 0.5) is 0 Å². The molecule has 3 heterocycles. The van der Waals surface area contributed by atoms with E-state index in [1.54, 1.807) is 41.1 Å². The van der Waals surface area contributed by atoms with Gasteiger partial charge in [0.05, 0.1) is 12.1 Å². The number of hydrogen-bond donors (Lipinski definition) is 1. The summed E-state index contributed by atoms with van der Waals surface area (Å²) in [7, 11) is 0. The lowest BCUT2D eigenvalue weighted by Gasteiger charge is -2.18. The van der Waals surface area contributed by atoms with Gasteiger partial charge in [0.2, 0.25) is 6.10 Å². The highest BCUT2D eigenvalue weighted by Crippen LogP contribution is 2.25. The maximum atomic E-state index is 12.9. The summed E-state index contributed by atoms with van der Waals surface area (Å²) >= 11 is 2.84. The zero-order valence-electron chi connectivity index (χ0n) is 14.7. The van der Waals surface area contributed by atoms with Crippen molar-refractivity contribution in [2.24, 2.45) is 0 Å². The summed E-state index contributed by atoms with van der Waals surface area (Å²) < 4.78 is 5.60. The number of benzene rings is 1. The van der Waals surface area contributed by atoms with Gasteiger partial charge in [-0.1, -0.05) is 24.3 Å². The van der Waals surface area contributed by atoms with Crippen molar-refractivity contribution in [1.29, 1.82) is 0 Å². The third-order valence-corrected chi connectivity index (χ3v) is 5.86. The lowest BCUT2D eigenvalue weighted by atomic mass is 10.1. The third-order valence-electron chi connectivity index (χ3n) is 4.13. The first-order valence-electron chi connectivity index (χ1n) is 8.60. The molecule has 3 aromatic heterocycles. The van der Waals surface area contributed by atoms with E-state index < -0.39 is 12.1 Å². The van der Waals surface area contributed by atoms with Gasteiger partial charge in [0.15, 0.2) is 0 Å². The van der Waals surface area contributed by atoms with Gasteiger partial charge in [-0.25, -0.2) is 4.79 Å². The maximum absolute atomic E-state index is 12.9. The van der Waals surface area contributed by atoms with Crippen LogP contribution in [0, 0.1) is 0 Å². The summed E-state index contributed by atoms with van der Waals surface area (Å²) in [5.41, 5.74) is 1.42. The minimum Gasteiger partial charge on any atom is -0.443 e. The number of carbonyl (C=O) groups excluding carboxylic acids is 2. The van der Waals surface area contributed by atoms with E-state index in [4.69, 9.17) is 4.74 Å². The van der Waals surface area contributed by atoms with E-state index in [0.29, 0.717) is 17.0 Å². The zero-order valence-corrected chi connectivity index (χ0v) is 16.3. The molecule has 7 heteroatoms. The molecule has 0 radical (unpaired) electrons. The number of ether oxygens (including phenoxy) is 1. The Morgan fingerprint density at radius 3 is 2.68 bits per heavy atom. The average Bonchev–Trinajstić information content (AvgIpc) is 3.44. The van der Waals surface area contributed by atoms with Crippen LogP contribution in [-0.2, 0) is 16.1 Å². The molecule has 1 amide bonds. The summed E-state index contributed by atoms with van der Waals surface area (Å²) in [5.74, 6) is -0.876. The molecule has 0 fully saturated rings. The van der Waals surface area contributed by atoms with Crippen LogP contribution in [0.15, 0.2) is 71.6 Å². The van der Waals surface area contributed by atoms with Crippen LogP contribution < -0.4 is 5.32 Å². The molecule has 0 spiro atoms. The Hall–Kier alpha value is -3.03. The molecule has 5 nitrogen and oxygen atoms in total. The fourth-order valence-electron chi connectivity index (χ4n) is 2.77. The molecule has 0 bridgehead atoms. The van der Waals surface area contributed by atoms with Gasteiger partial charge in [-0.05, 0) is 41.1 Å². The largest absolute Gasteiger partial charge is 0.443 e. The van der Waals surface area contributed by atoms with Crippen LogP contribution in [-0.4, -0.2) is 16.9 Å². The smallest absolute Gasteiger partial charge is 0.349 e. The van der Waals surface area contributed by atoms with Crippen LogP contribution in [0.1, 0.15) is 26.2 Å². The number of esters is 1. The second-order valence-electron chi connectivity index (χ2n) is 6.02. The third kappa shape index (κ3) is 4.11. The van der Waals surface area contributed by atoms with Gasteiger partial charge in [0.1, 0.15) is 4.88 Å². The molecule has 140 valence electrons. The van der Waals surface area contributed by atoms with Crippen molar-refractivity contribution in [2.75, 3.05) is 0 Å². The summed E-state index contributed by atoms with van der Waals surface area (Å²) in [6, 6.07) is 16.5. The number of carbonyl (C=O) groups is 2. The number of nitrogens with zero attached hydrogens (tertiary/aromatic N) is 1. The quantitative estimate of drug-likeness (QED) is 0.475. The van der Waals surface area contributed by atoms with Crippen molar-refractivity contribution >= 4 is 45.5 Å². The summed E-state index contributed by atoms with van der Waals surface area (Å²) in [6.45, 7) is 0.388. The molecule has 0 unspecified atom stereocenters. The maximum Gasteiger partial charge on any atom is 0.349 e. The van der Waals surface area contributed by atoms with E-state index in [1.165, 1.54) is 11.3 Å². The number of amides is 1. The number of fused-ring (bicyclic) bond motifs is 1. The highest BCUT2D eigenvalue weighted by Gasteiger charge is 2.26. The van der Waals surface area contributed by atoms with Gasteiger partial charge < -0.3 is 10.1 Å². The molecule has 4 rings (SSSR count). The SMILES string of the molecule is O=C(O[C@H](C(=O)NCc1cccs1)c1ccc2ncccc2c1)c1cccs1. The van der Waals surface area contributed by atoms with Crippen LogP contribution >= 0.6 is 22.7 Å². The van der Waals surface area contributed by atoms with Crippen molar-refractivity contribution < 1.29 is 14.3 Å². The summed E-state index contributed by atoms with van der Waals surface area (Å²) in [4.78, 5) is 31.1. The Balaban J connectivity index is 1.61.